The summed E-state index contributed by atoms with van der Waals surface area (Å²) >= 11 is 0. The third kappa shape index (κ3) is 2.30. The SMILES string of the molecule is CC.CC1c2ccccc2C(C)(C)CC1O. The van der Waals surface area contributed by atoms with E-state index in [0.29, 0.717) is 0 Å². The van der Waals surface area contributed by atoms with Crippen molar-refractivity contribution in [1.29, 1.82) is 0 Å². The minimum absolute atomic E-state index is 0.114. The van der Waals surface area contributed by atoms with Crippen LogP contribution in [-0.2, 0) is 5.41 Å². The van der Waals surface area contributed by atoms with Crippen molar-refractivity contribution >= 4 is 0 Å². The topological polar surface area (TPSA) is 20.2 Å². The van der Waals surface area contributed by atoms with Gasteiger partial charge >= 0.3 is 0 Å². The zero-order valence-corrected chi connectivity index (χ0v) is 11.1. The third-order valence-corrected chi connectivity index (χ3v) is 3.48. The Labute approximate surface area is 99.5 Å². The second-order valence-electron chi connectivity index (χ2n) is 5.03. The molecule has 2 atom stereocenters. The molecule has 0 aliphatic heterocycles. The van der Waals surface area contributed by atoms with E-state index in [1.54, 1.807) is 0 Å². The number of rotatable bonds is 0. The molecular formula is C15H24O. The number of aliphatic hydroxyl groups is 1. The van der Waals surface area contributed by atoms with Crippen LogP contribution in [0.15, 0.2) is 24.3 Å². The molecule has 0 saturated carbocycles. The fourth-order valence-corrected chi connectivity index (χ4v) is 2.53. The number of fused-ring (bicyclic) bond motifs is 1. The van der Waals surface area contributed by atoms with Crippen molar-refractivity contribution in [2.75, 3.05) is 0 Å². The van der Waals surface area contributed by atoms with E-state index in [1.165, 1.54) is 11.1 Å². The van der Waals surface area contributed by atoms with Gasteiger partial charge in [0.25, 0.3) is 0 Å². The van der Waals surface area contributed by atoms with Crippen LogP contribution in [0.4, 0.5) is 0 Å². The second kappa shape index (κ2) is 5.01. The lowest BCUT2D eigenvalue weighted by atomic mass is 9.68. The van der Waals surface area contributed by atoms with Gasteiger partial charge in [-0.05, 0) is 23.0 Å². The van der Waals surface area contributed by atoms with Gasteiger partial charge in [-0.3, -0.25) is 0 Å². The largest absolute Gasteiger partial charge is 0.392 e. The van der Waals surface area contributed by atoms with Crippen molar-refractivity contribution in [3.05, 3.63) is 35.4 Å². The molecule has 1 aliphatic carbocycles. The molecule has 1 aromatic carbocycles. The highest BCUT2D eigenvalue weighted by Gasteiger charge is 2.35. The molecule has 0 amide bonds. The monoisotopic (exact) mass is 220 g/mol. The Hall–Kier alpha value is -0.820. The van der Waals surface area contributed by atoms with E-state index in [0.717, 1.165) is 6.42 Å². The van der Waals surface area contributed by atoms with Crippen molar-refractivity contribution in [2.45, 2.75) is 58.5 Å². The van der Waals surface area contributed by atoms with Gasteiger partial charge in [0.05, 0.1) is 6.10 Å². The molecule has 0 spiro atoms. The lowest BCUT2D eigenvalue weighted by Crippen LogP contribution is -2.34. The van der Waals surface area contributed by atoms with Gasteiger partial charge in [-0.15, -0.1) is 0 Å². The Bertz CT molecular complexity index is 341. The Balaban J connectivity index is 0.000000606. The van der Waals surface area contributed by atoms with Crippen LogP contribution in [0.2, 0.25) is 0 Å². The highest BCUT2D eigenvalue weighted by Crippen LogP contribution is 2.42. The van der Waals surface area contributed by atoms with Gasteiger partial charge in [0.15, 0.2) is 0 Å². The summed E-state index contributed by atoms with van der Waals surface area (Å²) < 4.78 is 0. The van der Waals surface area contributed by atoms with E-state index in [1.807, 2.05) is 13.8 Å². The first-order valence-electron chi connectivity index (χ1n) is 6.30. The van der Waals surface area contributed by atoms with Gasteiger partial charge < -0.3 is 5.11 Å². The number of benzene rings is 1. The summed E-state index contributed by atoms with van der Waals surface area (Å²) in [6.45, 7) is 10.5. The van der Waals surface area contributed by atoms with Crippen LogP contribution < -0.4 is 0 Å². The third-order valence-electron chi connectivity index (χ3n) is 3.48. The van der Waals surface area contributed by atoms with E-state index in [-0.39, 0.29) is 17.4 Å². The van der Waals surface area contributed by atoms with Crippen LogP contribution in [0.1, 0.15) is 58.1 Å². The first-order valence-corrected chi connectivity index (χ1v) is 6.30. The first-order chi connectivity index (χ1) is 7.52. The maximum Gasteiger partial charge on any atom is 0.0614 e. The highest BCUT2D eigenvalue weighted by atomic mass is 16.3. The van der Waals surface area contributed by atoms with E-state index in [9.17, 15) is 5.11 Å². The van der Waals surface area contributed by atoms with E-state index >= 15 is 0 Å². The van der Waals surface area contributed by atoms with Crippen molar-refractivity contribution in [3.63, 3.8) is 0 Å². The van der Waals surface area contributed by atoms with Crippen molar-refractivity contribution in [1.82, 2.24) is 0 Å². The molecule has 1 aliphatic rings. The normalized spacial score (nSPS) is 26.4. The molecule has 0 radical (unpaired) electrons. The molecular weight excluding hydrogens is 196 g/mol. The molecule has 0 bridgehead atoms. The standard InChI is InChI=1S/C13H18O.C2H6/c1-9-10-6-4-5-7-11(10)13(2,3)8-12(9)14;1-2/h4-7,9,12,14H,8H2,1-3H3;1-2H3. The van der Waals surface area contributed by atoms with Gasteiger partial charge in [0, 0.05) is 5.92 Å². The maximum atomic E-state index is 9.96. The second-order valence-corrected chi connectivity index (χ2v) is 5.03. The molecule has 2 unspecified atom stereocenters. The molecule has 0 heterocycles. The van der Waals surface area contributed by atoms with Crippen LogP contribution in [0.25, 0.3) is 0 Å². The minimum Gasteiger partial charge on any atom is -0.392 e. The van der Waals surface area contributed by atoms with Crippen molar-refractivity contribution in [2.24, 2.45) is 0 Å². The van der Waals surface area contributed by atoms with E-state index < -0.39 is 0 Å². The molecule has 0 saturated heterocycles. The Morgan fingerprint density at radius 2 is 1.75 bits per heavy atom. The molecule has 90 valence electrons. The maximum absolute atomic E-state index is 9.96. The molecule has 1 nitrogen and oxygen atoms in total. The summed E-state index contributed by atoms with van der Waals surface area (Å²) in [6, 6.07) is 8.48. The Morgan fingerprint density at radius 1 is 1.19 bits per heavy atom. The zero-order chi connectivity index (χ0) is 12.3. The van der Waals surface area contributed by atoms with Gasteiger partial charge in [0.2, 0.25) is 0 Å². The molecule has 1 N–H and O–H groups in total. The molecule has 0 aromatic heterocycles. The van der Waals surface area contributed by atoms with Crippen molar-refractivity contribution in [3.8, 4) is 0 Å². The van der Waals surface area contributed by atoms with Gasteiger partial charge in [-0.25, -0.2) is 0 Å². The molecule has 2 rings (SSSR count). The van der Waals surface area contributed by atoms with Crippen LogP contribution in [0.3, 0.4) is 0 Å². The fraction of sp³-hybridized carbons (Fsp3) is 0.600. The lowest BCUT2D eigenvalue weighted by molar-refractivity contribution is 0.104. The fourth-order valence-electron chi connectivity index (χ4n) is 2.53. The summed E-state index contributed by atoms with van der Waals surface area (Å²) in [6.07, 6.45) is 0.672. The summed E-state index contributed by atoms with van der Waals surface area (Å²) in [5, 5.41) is 9.96. The quantitative estimate of drug-likeness (QED) is 0.704. The minimum atomic E-state index is -0.195. The number of aliphatic hydroxyl groups excluding tert-OH is 1. The first kappa shape index (κ1) is 13.2. The summed E-state index contributed by atoms with van der Waals surface area (Å²) in [7, 11) is 0. The molecule has 1 aromatic rings. The Kier molecular flexibility index (Phi) is 4.15. The van der Waals surface area contributed by atoms with E-state index in [4.69, 9.17) is 0 Å². The summed E-state index contributed by atoms with van der Waals surface area (Å²) in [5.74, 6) is 0.277. The van der Waals surface area contributed by atoms with Gasteiger partial charge in [-0.1, -0.05) is 58.9 Å². The predicted molar refractivity (Wildman–Crippen MR) is 69.9 cm³/mol. The molecule has 16 heavy (non-hydrogen) atoms. The Morgan fingerprint density at radius 3 is 2.38 bits per heavy atom. The van der Waals surface area contributed by atoms with E-state index in [2.05, 4.69) is 45.0 Å². The highest BCUT2D eigenvalue weighted by molar-refractivity contribution is 5.39. The summed E-state index contributed by atoms with van der Waals surface area (Å²) in [4.78, 5) is 0. The molecule has 1 heteroatoms. The van der Waals surface area contributed by atoms with Crippen LogP contribution in [0, 0.1) is 0 Å². The zero-order valence-electron chi connectivity index (χ0n) is 11.1. The van der Waals surface area contributed by atoms with Gasteiger partial charge in [0.1, 0.15) is 0 Å². The average molecular weight is 220 g/mol. The van der Waals surface area contributed by atoms with Gasteiger partial charge in [-0.2, -0.15) is 0 Å². The van der Waals surface area contributed by atoms with Crippen LogP contribution in [-0.4, -0.2) is 11.2 Å². The predicted octanol–water partition coefficient (Wildman–Crippen LogP) is 3.86. The average Bonchev–Trinajstić information content (AvgIpc) is 2.29. The van der Waals surface area contributed by atoms with Crippen LogP contribution in [0.5, 0.6) is 0 Å². The van der Waals surface area contributed by atoms with Crippen molar-refractivity contribution < 1.29 is 5.11 Å². The summed E-state index contributed by atoms with van der Waals surface area (Å²) in [5.41, 5.74) is 2.83. The smallest absolute Gasteiger partial charge is 0.0614 e. The van der Waals surface area contributed by atoms with Crippen LogP contribution >= 0.6 is 0 Å². The number of hydrogen-bond donors (Lipinski definition) is 1. The number of hydrogen-bond acceptors (Lipinski definition) is 1. The lowest BCUT2D eigenvalue weighted by Gasteiger charge is -2.39. The molecule has 0 fully saturated rings.